The molecule has 1 aromatic rings. The summed E-state index contributed by atoms with van der Waals surface area (Å²) in [5.41, 5.74) is -0.186. The monoisotopic (exact) mass is 483 g/mol. The second kappa shape index (κ2) is 5.24. The van der Waals surface area contributed by atoms with Gasteiger partial charge in [-0.1, -0.05) is 0 Å². The molecule has 1 N–H and O–H groups in total. The molecule has 6 nitrogen and oxygen atoms in total. The summed E-state index contributed by atoms with van der Waals surface area (Å²) in [6.07, 6.45) is 0. The standard InChI is InChI=1S/C8H6I2O6S/c1-16-8(12)3-2-4(9)7(17(13,14)15)5(10)6(3)11/h2,11H,1H3,(H,13,14,15)/p-1. The molecule has 0 spiro atoms. The quantitative estimate of drug-likeness (QED) is 0.387. The van der Waals surface area contributed by atoms with Crippen LogP contribution in [-0.4, -0.2) is 31.2 Å². The molecule has 0 bridgehead atoms. The van der Waals surface area contributed by atoms with Gasteiger partial charge >= 0.3 is 5.97 Å². The lowest BCUT2D eigenvalue weighted by atomic mass is 10.2. The first kappa shape index (κ1) is 14.9. The smallest absolute Gasteiger partial charge is 0.341 e. The Morgan fingerprint density at radius 2 is 2.00 bits per heavy atom. The average Bonchev–Trinajstić information content (AvgIpc) is 2.20. The number of methoxy groups -OCH3 is 1. The summed E-state index contributed by atoms with van der Waals surface area (Å²) in [5.74, 6) is -1.39. The van der Waals surface area contributed by atoms with E-state index in [1.807, 2.05) is 0 Å². The molecule has 1 aromatic carbocycles. The fourth-order valence-corrected chi connectivity index (χ4v) is 5.00. The number of phenolic OH excluding ortho intramolecular Hbond substituents is 1. The van der Waals surface area contributed by atoms with E-state index in [4.69, 9.17) is 0 Å². The molecule has 9 heteroatoms. The van der Waals surface area contributed by atoms with E-state index in [9.17, 15) is 22.9 Å². The van der Waals surface area contributed by atoms with E-state index < -0.39 is 26.7 Å². The van der Waals surface area contributed by atoms with Crippen LogP contribution in [0.2, 0.25) is 0 Å². The molecular weight excluding hydrogens is 478 g/mol. The van der Waals surface area contributed by atoms with Gasteiger partial charge in [0.15, 0.2) is 0 Å². The first-order chi connectivity index (χ1) is 7.70. The zero-order valence-corrected chi connectivity index (χ0v) is 13.4. The second-order valence-electron chi connectivity index (χ2n) is 2.84. The lowest BCUT2D eigenvalue weighted by Gasteiger charge is -2.14. The van der Waals surface area contributed by atoms with Crippen LogP contribution in [0.1, 0.15) is 10.4 Å². The Morgan fingerprint density at radius 3 is 2.41 bits per heavy atom. The van der Waals surface area contributed by atoms with Crippen molar-refractivity contribution in [2.45, 2.75) is 4.90 Å². The highest BCUT2D eigenvalue weighted by Crippen LogP contribution is 2.34. The summed E-state index contributed by atoms with van der Waals surface area (Å²) in [4.78, 5) is 10.7. The summed E-state index contributed by atoms with van der Waals surface area (Å²) >= 11 is 3.09. The maximum absolute atomic E-state index is 11.3. The molecular formula is C8H5I2O6S-. The first-order valence-electron chi connectivity index (χ1n) is 3.95. The average molecular weight is 483 g/mol. The fraction of sp³-hybridized carbons (Fsp3) is 0.125. The number of hydrogen-bond donors (Lipinski definition) is 1. The van der Waals surface area contributed by atoms with Gasteiger partial charge in [0, 0.05) is 3.57 Å². The van der Waals surface area contributed by atoms with Crippen molar-refractivity contribution in [3.05, 3.63) is 18.8 Å². The van der Waals surface area contributed by atoms with Crippen molar-refractivity contribution in [2.24, 2.45) is 0 Å². The number of aromatic hydroxyl groups is 1. The zero-order valence-electron chi connectivity index (χ0n) is 8.23. The van der Waals surface area contributed by atoms with Crippen LogP contribution in [0.3, 0.4) is 0 Å². The van der Waals surface area contributed by atoms with Gasteiger partial charge < -0.3 is 14.4 Å². The minimum Gasteiger partial charge on any atom is -0.744 e. The molecule has 0 aromatic heterocycles. The summed E-state index contributed by atoms with van der Waals surface area (Å²) in [6, 6.07) is 1.09. The predicted molar refractivity (Wildman–Crippen MR) is 72.8 cm³/mol. The highest BCUT2D eigenvalue weighted by Gasteiger charge is 2.22. The lowest BCUT2D eigenvalue weighted by Crippen LogP contribution is -2.09. The van der Waals surface area contributed by atoms with Gasteiger partial charge in [-0.25, -0.2) is 13.2 Å². The maximum atomic E-state index is 11.3. The molecule has 0 unspecified atom stereocenters. The molecule has 94 valence electrons. The molecule has 0 radical (unpaired) electrons. The molecule has 17 heavy (non-hydrogen) atoms. The Bertz CT molecular complexity index is 580. The van der Waals surface area contributed by atoms with Crippen molar-refractivity contribution in [1.82, 2.24) is 0 Å². The van der Waals surface area contributed by atoms with E-state index in [0.717, 1.165) is 13.2 Å². The van der Waals surface area contributed by atoms with Crippen molar-refractivity contribution in [3.63, 3.8) is 0 Å². The SMILES string of the molecule is COC(=O)c1cc(I)c(S(=O)(=O)[O-])c(I)c1O. The van der Waals surface area contributed by atoms with Crippen LogP contribution < -0.4 is 0 Å². The molecule has 0 amide bonds. The predicted octanol–water partition coefficient (Wildman–Crippen LogP) is 1.29. The first-order valence-corrected chi connectivity index (χ1v) is 7.52. The van der Waals surface area contributed by atoms with Crippen LogP contribution in [0.25, 0.3) is 0 Å². The summed E-state index contributed by atoms with van der Waals surface area (Å²) in [6.45, 7) is 0. The topological polar surface area (TPSA) is 104 Å². The van der Waals surface area contributed by atoms with Crippen molar-refractivity contribution in [1.29, 1.82) is 0 Å². The van der Waals surface area contributed by atoms with Gasteiger partial charge in [0.2, 0.25) is 0 Å². The Hall–Kier alpha value is -0.140. The van der Waals surface area contributed by atoms with Crippen LogP contribution in [-0.2, 0) is 14.9 Å². The van der Waals surface area contributed by atoms with E-state index in [1.54, 1.807) is 22.6 Å². The maximum Gasteiger partial charge on any atom is 0.341 e. The van der Waals surface area contributed by atoms with E-state index >= 15 is 0 Å². The van der Waals surface area contributed by atoms with Crippen LogP contribution in [0.4, 0.5) is 0 Å². The zero-order chi connectivity index (χ0) is 13.4. The Kier molecular flexibility index (Phi) is 4.60. The largest absolute Gasteiger partial charge is 0.744 e. The fourth-order valence-electron chi connectivity index (χ4n) is 1.09. The number of hydrogen-bond acceptors (Lipinski definition) is 6. The van der Waals surface area contributed by atoms with Gasteiger partial charge in [-0.05, 0) is 51.2 Å². The van der Waals surface area contributed by atoms with Crippen molar-refractivity contribution >= 4 is 61.3 Å². The molecule has 0 aliphatic carbocycles. The van der Waals surface area contributed by atoms with E-state index in [-0.39, 0.29) is 12.7 Å². The van der Waals surface area contributed by atoms with Gasteiger partial charge in [0.1, 0.15) is 21.4 Å². The van der Waals surface area contributed by atoms with Gasteiger partial charge in [-0.3, -0.25) is 0 Å². The van der Waals surface area contributed by atoms with E-state index in [2.05, 4.69) is 4.74 Å². The van der Waals surface area contributed by atoms with Crippen molar-refractivity contribution in [3.8, 4) is 5.75 Å². The summed E-state index contributed by atoms with van der Waals surface area (Å²) < 4.78 is 37.2. The highest BCUT2D eigenvalue weighted by atomic mass is 127. The number of phenols is 1. The molecule has 1 rings (SSSR count). The van der Waals surface area contributed by atoms with Crippen LogP contribution in [0, 0.1) is 7.14 Å². The number of carbonyl (C=O) groups is 1. The van der Waals surface area contributed by atoms with Gasteiger partial charge in [-0.15, -0.1) is 0 Å². The van der Waals surface area contributed by atoms with Gasteiger partial charge in [0.05, 0.1) is 15.6 Å². The minimum absolute atomic E-state index is 0.0557. The Morgan fingerprint density at radius 1 is 1.47 bits per heavy atom. The minimum atomic E-state index is -4.71. The molecule has 0 atom stereocenters. The van der Waals surface area contributed by atoms with Gasteiger partial charge in [-0.2, -0.15) is 0 Å². The van der Waals surface area contributed by atoms with Crippen LogP contribution >= 0.6 is 45.2 Å². The number of esters is 1. The third-order valence-corrected chi connectivity index (χ3v) is 5.36. The molecule has 0 fully saturated rings. The summed E-state index contributed by atoms with van der Waals surface area (Å²) in [5, 5.41) is 9.65. The Labute approximate surface area is 124 Å². The third-order valence-electron chi connectivity index (χ3n) is 1.81. The van der Waals surface area contributed by atoms with Crippen molar-refractivity contribution < 1.29 is 27.6 Å². The van der Waals surface area contributed by atoms with E-state index in [0.29, 0.717) is 0 Å². The molecule has 0 heterocycles. The normalized spacial score (nSPS) is 11.3. The van der Waals surface area contributed by atoms with Crippen LogP contribution in [0.15, 0.2) is 11.0 Å². The lowest BCUT2D eigenvalue weighted by molar-refractivity contribution is 0.0597. The number of rotatable bonds is 2. The number of ether oxygens (including phenoxy) is 1. The molecule has 0 saturated heterocycles. The van der Waals surface area contributed by atoms with Gasteiger partial charge in [0.25, 0.3) is 0 Å². The molecule has 0 saturated carbocycles. The second-order valence-corrected chi connectivity index (χ2v) is 6.40. The van der Waals surface area contributed by atoms with Crippen LogP contribution in [0.5, 0.6) is 5.75 Å². The Balaban J connectivity index is 3.65. The highest BCUT2D eigenvalue weighted by molar-refractivity contribution is 14.1. The number of halogens is 2. The molecule has 0 aliphatic rings. The van der Waals surface area contributed by atoms with E-state index in [1.165, 1.54) is 22.6 Å². The number of benzene rings is 1. The molecule has 0 aliphatic heterocycles. The summed E-state index contributed by atoms with van der Waals surface area (Å²) in [7, 11) is -3.59. The number of carbonyl (C=O) groups excluding carboxylic acids is 1. The third kappa shape index (κ3) is 3.00. The van der Waals surface area contributed by atoms with Crippen molar-refractivity contribution in [2.75, 3.05) is 7.11 Å².